The number of amides is 1. The Hall–Kier alpha value is -2.54. The van der Waals surface area contributed by atoms with Crippen molar-refractivity contribution in [2.75, 3.05) is 23.3 Å². The van der Waals surface area contributed by atoms with Gasteiger partial charge < -0.3 is 10.2 Å². The van der Waals surface area contributed by atoms with E-state index in [-0.39, 0.29) is 5.91 Å². The van der Waals surface area contributed by atoms with Gasteiger partial charge in [0, 0.05) is 25.0 Å². The minimum absolute atomic E-state index is 0.0257. The zero-order valence-electron chi connectivity index (χ0n) is 14.6. The van der Waals surface area contributed by atoms with Crippen LogP contribution in [-0.2, 0) is 21.4 Å². The molecule has 0 spiro atoms. The first kappa shape index (κ1) is 18.8. The molecule has 0 unspecified atom stereocenters. The van der Waals surface area contributed by atoms with Crippen molar-refractivity contribution in [2.45, 2.75) is 19.5 Å². The normalized spacial score (nSPS) is 12.3. The summed E-state index contributed by atoms with van der Waals surface area (Å²) in [6, 6.07) is 16.2. The highest BCUT2D eigenvalue weighted by atomic mass is 32.2. The smallest absolute Gasteiger partial charge is 0.244 e. The van der Waals surface area contributed by atoms with E-state index >= 15 is 0 Å². The first-order valence-corrected chi connectivity index (χ1v) is 9.77. The second-order valence-electron chi connectivity index (χ2n) is 6.00. The first-order valence-electron chi connectivity index (χ1n) is 7.88. The van der Waals surface area contributed by atoms with Crippen LogP contribution in [0, 0.1) is 0 Å². The quantitative estimate of drug-likeness (QED) is 0.794. The Labute approximate surface area is 148 Å². The van der Waals surface area contributed by atoms with Gasteiger partial charge in [-0.05, 0) is 36.8 Å². The summed E-state index contributed by atoms with van der Waals surface area (Å²) in [5.74, 6) is -0.0257. The SMILES string of the molecule is C[C@@H](Nc1ccc(NS(C)(=O)=O)cc1)C(=O)N(C)Cc1ccccc1. The van der Waals surface area contributed by atoms with Crippen molar-refractivity contribution < 1.29 is 13.2 Å². The van der Waals surface area contributed by atoms with Crippen molar-refractivity contribution >= 4 is 27.3 Å². The molecule has 1 atom stereocenters. The lowest BCUT2D eigenvalue weighted by atomic mass is 10.2. The third kappa shape index (κ3) is 6.11. The molecule has 0 aromatic heterocycles. The summed E-state index contributed by atoms with van der Waals surface area (Å²) in [6.07, 6.45) is 1.10. The van der Waals surface area contributed by atoms with Gasteiger partial charge in [0.15, 0.2) is 0 Å². The molecule has 0 saturated carbocycles. The molecule has 0 bridgehead atoms. The van der Waals surface area contributed by atoms with E-state index in [0.29, 0.717) is 12.2 Å². The van der Waals surface area contributed by atoms with Gasteiger partial charge >= 0.3 is 0 Å². The summed E-state index contributed by atoms with van der Waals surface area (Å²) in [5.41, 5.74) is 2.29. The van der Waals surface area contributed by atoms with Crippen LogP contribution < -0.4 is 10.0 Å². The van der Waals surface area contributed by atoms with Crippen molar-refractivity contribution in [2.24, 2.45) is 0 Å². The molecule has 25 heavy (non-hydrogen) atoms. The molecule has 0 heterocycles. The molecule has 0 fully saturated rings. The molecule has 0 radical (unpaired) electrons. The van der Waals surface area contributed by atoms with E-state index < -0.39 is 16.1 Å². The molecule has 0 aliphatic heterocycles. The molecule has 2 rings (SSSR count). The number of nitrogens with one attached hydrogen (secondary N) is 2. The van der Waals surface area contributed by atoms with Crippen LogP contribution in [-0.4, -0.2) is 38.6 Å². The molecular weight excluding hydrogens is 338 g/mol. The molecule has 1 amide bonds. The molecule has 2 aromatic carbocycles. The Morgan fingerprint density at radius 2 is 1.60 bits per heavy atom. The number of hydrogen-bond acceptors (Lipinski definition) is 4. The molecule has 0 saturated heterocycles. The number of nitrogens with zero attached hydrogens (tertiary/aromatic N) is 1. The Morgan fingerprint density at radius 1 is 1.04 bits per heavy atom. The van der Waals surface area contributed by atoms with Gasteiger partial charge in [-0.1, -0.05) is 30.3 Å². The van der Waals surface area contributed by atoms with Gasteiger partial charge in [0.1, 0.15) is 6.04 Å². The van der Waals surface area contributed by atoms with E-state index in [0.717, 1.165) is 17.5 Å². The fraction of sp³-hybridized carbons (Fsp3) is 0.278. The van der Waals surface area contributed by atoms with Gasteiger partial charge in [-0.3, -0.25) is 9.52 Å². The van der Waals surface area contributed by atoms with Gasteiger partial charge in [0.25, 0.3) is 0 Å². The molecular formula is C18H23N3O3S. The molecule has 0 aliphatic rings. The Bertz CT molecular complexity index is 805. The maximum atomic E-state index is 12.5. The number of carbonyl (C=O) groups is 1. The van der Waals surface area contributed by atoms with Crippen molar-refractivity contribution in [3.05, 3.63) is 60.2 Å². The average Bonchev–Trinajstić information content (AvgIpc) is 2.55. The highest BCUT2D eigenvalue weighted by molar-refractivity contribution is 7.92. The predicted molar refractivity (Wildman–Crippen MR) is 101 cm³/mol. The van der Waals surface area contributed by atoms with E-state index in [1.54, 1.807) is 43.1 Å². The van der Waals surface area contributed by atoms with Crippen LogP contribution in [0.3, 0.4) is 0 Å². The number of carbonyl (C=O) groups excluding carboxylic acids is 1. The molecule has 6 nitrogen and oxygen atoms in total. The molecule has 0 aliphatic carbocycles. The topological polar surface area (TPSA) is 78.5 Å². The lowest BCUT2D eigenvalue weighted by Crippen LogP contribution is -2.38. The van der Waals surface area contributed by atoms with E-state index in [1.165, 1.54) is 0 Å². The van der Waals surface area contributed by atoms with Crippen LogP contribution in [0.25, 0.3) is 0 Å². The summed E-state index contributed by atoms with van der Waals surface area (Å²) in [4.78, 5) is 14.2. The zero-order chi connectivity index (χ0) is 18.4. The number of likely N-dealkylation sites (N-methyl/N-ethyl adjacent to an activating group) is 1. The van der Waals surface area contributed by atoms with Gasteiger partial charge in [-0.2, -0.15) is 0 Å². The summed E-state index contributed by atoms with van der Waals surface area (Å²) in [5, 5.41) is 3.13. The largest absolute Gasteiger partial charge is 0.374 e. The average molecular weight is 361 g/mol. The Morgan fingerprint density at radius 3 is 2.16 bits per heavy atom. The second kappa shape index (κ2) is 8.02. The minimum atomic E-state index is -3.30. The number of rotatable bonds is 7. The van der Waals surface area contributed by atoms with E-state index in [4.69, 9.17) is 0 Å². The van der Waals surface area contributed by atoms with Crippen LogP contribution in [0.15, 0.2) is 54.6 Å². The fourth-order valence-corrected chi connectivity index (χ4v) is 2.99. The number of benzene rings is 2. The van der Waals surface area contributed by atoms with Crippen LogP contribution in [0.1, 0.15) is 12.5 Å². The molecule has 134 valence electrons. The van der Waals surface area contributed by atoms with Crippen LogP contribution in [0.5, 0.6) is 0 Å². The van der Waals surface area contributed by atoms with E-state index in [2.05, 4.69) is 10.0 Å². The Kier molecular flexibility index (Phi) is 6.03. The number of anilines is 2. The maximum absolute atomic E-state index is 12.5. The van der Waals surface area contributed by atoms with Crippen molar-refractivity contribution in [1.29, 1.82) is 0 Å². The predicted octanol–water partition coefficient (Wildman–Crippen LogP) is 2.52. The van der Waals surface area contributed by atoms with Gasteiger partial charge in [0.05, 0.1) is 6.26 Å². The molecule has 2 aromatic rings. The monoisotopic (exact) mass is 361 g/mol. The summed E-state index contributed by atoms with van der Waals surface area (Å²) in [7, 11) is -1.53. The lowest BCUT2D eigenvalue weighted by molar-refractivity contribution is -0.130. The van der Waals surface area contributed by atoms with Crippen LogP contribution in [0.2, 0.25) is 0 Å². The first-order chi connectivity index (χ1) is 11.7. The lowest BCUT2D eigenvalue weighted by Gasteiger charge is -2.23. The summed E-state index contributed by atoms with van der Waals surface area (Å²) in [6.45, 7) is 2.34. The van der Waals surface area contributed by atoms with Crippen molar-refractivity contribution in [3.63, 3.8) is 0 Å². The summed E-state index contributed by atoms with van der Waals surface area (Å²) < 4.78 is 24.8. The standard InChI is InChI=1S/C18H23N3O3S/c1-14(18(22)21(2)13-15-7-5-4-6-8-15)19-16-9-11-17(12-10-16)20-25(3,23)24/h4-12,14,19-20H,13H2,1-3H3/t14-/m1/s1. The molecule has 7 heteroatoms. The maximum Gasteiger partial charge on any atom is 0.244 e. The Balaban J connectivity index is 1.94. The number of hydrogen-bond donors (Lipinski definition) is 2. The highest BCUT2D eigenvalue weighted by Crippen LogP contribution is 2.16. The van der Waals surface area contributed by atoms with Crippen molar-refractivity contribution in [3.8, 4) is 0 Å². The van der Waals surface area contributed by atoms with Crippen LogP contribution >= 0.6 is 0 Å². The van der Waals surface area contributed by atoms with Gasteiger partial charge in [-0.25, -0.2) is 8.42 Å². The fourth-order valence-electron chi connectivity index (χ4n) is 2.43. The van der Waals surface area contributed by atoms with Crippen LogP contribution in [0.4, 0.5) is 11.4 Å². The van der Waals surface area contributed by atoms with Gasteiger partial charge in [-0.15, -0.1) is 0 Å². The highest BCUT2D eigenvalue weighted by Gasteiger charge is 2.17. The second-order valence-corrected chi connectivity index (χ2v) is 7.75. The van der Waals surface area contributed by atoms with Gasteiger partial charge in [0.2, 0.25) is 15.9 Å². The van der Waals surface area contributed by atoms with Crippen molar-refractivity contribution in [1.82, 2.24) is 4.90 Å². The van der Waals surface area contributed by atoms with E-state index in [9.17, 15) is 13.2 Å². The minimum Gasteiger partial charge on any atom is -0.374 e. The number of sulfonamides is 1. The molecule has 2 N–H and O–H groups in total. The summed E-state index contributed by atoms with van der Waals surface area (Å²) >= 11 is 0. The third-order valence-electron chi connectivity index (χ3n) is 3.58. The van der Waals surface area contributed by atoms with E-state index in [1.807, 2.05) is 30.3 Å². The zero-order valence-corrected chi connectivity index (χ0v) is 15.4. The third-order valence-corrected chi connectivity index (χ3v) is 4.19.